The summed E-state index contributed by atoms with van der Waals surface area (Å²) in [6, 6.07) is 2.62. The topological polar surface area (TPSA) is 75.4 Å². The predicted molar refractivity (Wildman–Crippen MR) is 98.6 cm³/mol. The van der Waals surface area contributed by atoms with Crippen LogP contribution in [0.4, 0.5) is 13.2 Å². The molecule has 0 atom stereocenters. The molecule has 1 N–H and O–H groups in total. The third kappa shape index (κ3) is 4.55. The van der Waals surface area contributed by atoms with Gasteiger partial charge >= 0.3 is 6.18 Å². The van der Waals surface area contributed by atoms with E-state index < -0.39 is 23.6 Å². The number of alkyl halides is 3. The third-order valence-electron chi connectivity index (χ3n) is 4.52. The van der Waals surface area contributed by atoms with Crippen molar-refractivity contribution in [2.75, 3.05) is 13.1 Å². The molecule has 0 saturated carbocycles. The van der Waals surface area contributed by atoms with Crippen LogP contribution in [0.2, 0.25) is 5.02 Å². The molecule has 2 aromatic rings. The van der Waals surface area contributed by atoms with Crippen molar-refractivity contribution >= 4 is 23.4 Å². The van der Waals surface area contributed by atoms with Gasteiger partial charge < -0.3 is 14.7 Å². The lowest BCUT2D eigenvalue weighted by atomic mass is 10.0. The minimum absolute atomic E-state index is 0.00528. The van der Waals surface area contributed by atoms with Gasteiger partial charge in [-0.25, -0.2) is 0 Å². The van der Waals surface area contributed by atoms with Gasteiger partial charge in [-0.15, -0.1) is 0 Å². The first-order valence-corrected chi connectivity index (χ1v) is 9.37. The lowest BCUT2D eigenvalue weighted by molar-refractivity contribution is -0.137. The molecule has 1 aliphatic heterocycles. The van der Waals surface area contributed by atoms with E-state index in [-0.39, 0.29) is 35.3 Å². The van der Waals surface area contributed by atoms with Gasteiger partial charge in [-0.3, -0.25) is 9.59 Å². The molecule has 29 heavy (non-hydrogen) atoms. The van der Waals surface area contributed by atoms with E-state index in [2.05, 4.69) is 10.5 Å². The highest BCUT2D eigenvalue weighted by Gasteiger charge is 2.34. The van der Waals surface area contributed by atoms with E-state index in [9.17, 15) is 22.8 Å². The van der Waals surface area contributed by atoms with E-state index >= 15 is 0 Å². The maximum atomic E-state index is 13.0. The fourth-order valence-electron chi connectivity index (χ4n) is 2.98. The van der Waals surface area contributed by atoms with Crippen LogP contribution in [0.25, 0.3) is 0 Å². The second kappa shape index (κ2) is 8.06. The normalized spacial score (nSPS) is 14.1. The molecule has 0 aliphatic carbocycles. The van der Waals surface area contributed by atoms with Crippen molar-refractivity contribution in [3.05, 3.63) is 51.4 Å². The van der Waals surface area contributed by atoms with Crippen LogP contribution >= 0.6 is 11.6 Å². The predicted octanol–water partition coefficient (Wildman–Crippen LogP) is 3.93. The van der Waals surface area contributed by atoms with Crippen LogP contribution < -0.4 is 5.32 Å². The summed E-state index contributed by atoms with van der Waals surface area (Å²) in [5, 5.41) is 6.46. The van der Waals surface area contributed by atoms with Crippen LogP contribution in [0, 0.1) is 5.92 Å². The van der Waals surface area contributed by atoms with Crippen molar-refractivity contribution in [2.45, 2.75) is 33.0 Å². The van der Waals surface area contributed by atoms with Crippen molar-refractivity contribution in [1.29, 1.82) is 0 Å². The zero-order valence-corrected chi connectivity index (χ0v) is 16.5. The second-order valence-corrected chi connectivity index (χ2v) is 7.61. The van der Waals surface area contributed by atoms with E-state index in [0.717, 1.165) is 18.2 Å². The standard InChI is InChI=1S/C19H19ClF3N3O3/c1-10(2)8-24-17(27)16-13-9-26(6-5-15(13)29-25-16)18(28)12-7-11(19(21,22)23)3-4-14(12)20/h3-4,7,10H,5-6,8-9H2,1-2H3,(H,24,27). The molecule has 2 heterocycles. The van der Waals surface area contributed by atoms with E-state index in [1.54, 1.807) is 0 Å². The van der Waals surface area contributed by atoms with Gasteiger partial charge in [0.1, 0.15) is 5.76 Å². The number of hydrogen-bond acceptors (Lipinski definition) is 4. The largest absolute Gasteiger partial charge is 0.416 e. The van der Waals surface area contributed by atoms with Gasteiger partial charge in [0, 0.05) is 25.1 Å². The smallest absolute Gasteiger partial charge is 0.360 e. The summed E-state index contributed by atoms with van der Waals surface area (Å²) in [6.45, 7) is 4.54. The highest BCUT2D eigenvalue weighted by molar-refractivity contribution is 6.33. The number of aromatic nitrogens is 1. The molecular weight excluding hydrogens is 411 g/mol. The molecule has 2 amide bonds. The number of carbonyl (C=O) groups is 2. The first-order valence-electron chi connectivity index (χ1n) is 8.99. The lowest BCUT2D eigenvalue weighted by Crippen LogP contribution is -2.37. The zero-order chi connectivity index (χ0) is 21.3. The summed E-state index contributed by atoms with van der Waals surface area (Å²) in [5.41, 5.74) is -0.670. The maximum absolute atomic E-state index is 13.0. The summed E-state index contributed by atoms with van der Waals surface area (Å²) >= 11 is 5.98. The molecule has 0 spiro atoms. The Balaban J connectivity index is 1.83. The Bertz CT molecular complexity index is 941. The van der Waals surface area contributed by atoms with Crippen molar-refractivity contribution in [2.24, 2.45) is 5.92 Å². The van der Waals surface area contributed by atoms with Gasteiger partial charge in [0.25, 0.3) is 11.8 Å². The fourth-order valence-corrected chi connectivity index (χ4v) is 3.18. The first kappa shape index (κ1) is 21.2. The summed E-state index contributed by atoms with van der Waals surface area (Å²) in [7, 11) is 0. The van der Waals surface area contributed by atoms with E-state index in [1.165, 1.54) is 4.90 Å². The van der Waals surface area contributed by atoms with Crippen LogP contribution in [-0.2, 0) is 19.1 Å². The second-order valence-electron chi connectivity index (χ2n) is 7.21. The van der Waals surface area contributed by atoms with E-state index in [4.69, 9.17) is 16.1 Å². The highest BCUT2D eigenvalue weighted by Crippen LogP contribution is 2.33. The molecule has 1 aromatic heterocycles. The zero-order valence-electron chi connectivity index (χ0n) is 15.8. The van der Waals surface area contributed by atoms with Gasteiger partial charge in [-0.2, -0.15) is 13.2 Å². The van der Waals surface area contributed by atoms with Crippen molar-refractivity contribution in [1.82, 2.24) is 15.4 Å². The van der Waals surface area contributed by atoms with Crippen LogP contribution in [-0.4, -0.2) is 35.0 Å². The fraction of sp³-hybridized carbons (Fsp3) is 0.421. The Morgan fingerprint density at radius 2 is 2.07 bits per heavy atom. The molecule has 0 saturated heterocycles. The number of nitrogens with zero attached hydrogens (tertiary/aromatic N) is 2. The number of hydrogen-bond donors (Lipinski definition) is 1. The molecule has 1 aliphatic rings. The van der Waals surface area contributed by atoms with Crippen LogP contribution in [0.5, 0.6) is 0 Å². The highest BCUT2D eigenvalue weighted by atomic mass is 35.5. The molecule has 3 rings (SSSR count). The number of fused-ring (bicyclic) bond motifs is 1. The molecule has 0 bridgehead atoms. The van der Waals surface area contributed by atoms with Crippen LogP contribution in [0.3, 0.4) is 0 Å². The van der Waals surface area contributed by atoms with Gasteiger partial charge in [0.15, 0.2) is 5.69 Å². The number of nitrogens with one attached hydrogen (secondary N) is 1. The lowest BCUT2D eigenvalue weighted by Gasteiger charge is -2.27. The molecule has 0 radical (unpaired) electrons. The average molecular weight is 430 g/mol. The monoisotopic (exact) mass is 429 g/mol. The SMILES string of the molecule is CC(C)CNC(=O)c1noc2c1CN(C(=O)c1cc(C(F)(F)F)ccc1Cl)CC2. The minimum atomic E-state index is -4.59. The quantitative estimate of drug-likeness (QED) is 0.799. The average Bonchev–Trinajstić information content (AvgIpc) is 3.08. The van der Waals surface area contributed by atoms with E-state index in [0.29, 0.717) is 24.3 Å². The Hall–Kier alpha value is -2.55. The molecule has 0 fully saturated rings. The van der Waals surface area contributed by atoms with Crippen molar-refractivity contribution in [3.8, 4) is 0 Å². The number of amides is 2. The molecule has 10 heteroatoms. The molecule has 6 nitrogen and oxygen atoms in total. The number of carbonyl (C=O) groups excluding carboxylic acids is 2. The van der Waals surface area contributed by atoms with Crippen molar-refractivity contribution < 1.29 is 27.3 Å². The Kier molecular flexibility index (Phi) is 5.88. The summed E-state index contributed by atoms with van der Waals surface area (Å²) in [5.74, 6) is -0.349. The molecule has 0 unspecified atom stereocenters. The summed E-state index contributed by atoms with van der Waals surface area (Å²) < 4.78 is 44.2. The third-order valence-corrected chi connectivity index (χ3v) is 4.85. The Morgan fingerprint density at radius 3 is 2.72 bits per heavy atom. The number of benzene rings is 1. The Labute approximate surface area is 170 Å². The van der Waals surface area contributed by atoms with Gasteiger partial charge in [-0.05, 0) is 24.1 Å². The van der Waals surface area contributed by atoms with Crippen molar-refractivity contribution in [3.63, 3.8) is 0 Å². The van der Waals surface area contributed by atoms with Gasteiger partial charge in [-0.1, -0.05) is 30.6 Å². The van der Waals surface area contributed by atoms with Gasteiger partial charge in [0.05, 0.1) is 22.7 Å². The number of halogens is 4. The maximum Gasteiger partial charge on any atom is 0.416 e. The number of rotatable bonds is 4. The first-order chi connectivity index (χ1) is 13.6. The summed E-state index contributed by atoms with van der Waals surface area (Å²) in [4.78, 5) is 26.5. The van der Waals surface area contributed by atoms with E-state index in [1.807, 2.05) is 13.8 Å². The van der Waals surface area contributed by atoms with Crippen LogP contribution in [0.15, 0.2) is 22.7 Å². The van der Waals surface area contributed by atoms with Gasteiger partial charge in [0.2, 0.25) is 0 Å². The van der Waals surface area contributed by atoms with Crippen LogP contribution in [0.1, 0.15) is 51.6 Å². The molecule has 1 aromatic carbocycles. The molecular formula is C19H19ClF3N3O3. The Morgan fingerprint density at radius 1 is 1.34 bits per heavy atom. The molecule has 156 valence electrons. The summed E-state index contributed by atoms with van der Waals surface area (Å²) in [6.07, 6.45) is -4.30. The minimum Gasteiger partial charge on any atom is -0.360 e.